The lowest BCUT2D eigenvalue weighted by atomic mass is 9.78. The molecule has 0 bridgehead atoms. The van der Waals surface area contributed by atoms with E-state index in [-0.39, 0.29) is 5.78 Å². The zero-order chi connectivity index (χ0) is 14.9. The van der Waals surface area contributed by atoms with E-state index in [0.717, 1.165) is 21.9 Å². The molecule has 1 heteroatoms. The van der Waals surface area contributed by atoms with Gasteiger partial charge in [-0.2, -0.15) is 0 Å². The first-order valence-electron chi connectivity index (χ1n) is 7.18. The van der Waals surface area contributed by atoms with Crippen LogP contribution in [0, 0.1) is 0 Å². The van der Waals surface area contributed by atoms with Crippen molar-refractivity contribution in [1.82, 2.24) is 0 Å². The molecule has 104 valence electrons. The molecule has 3 rings (SSSR count). The summed E-state index contributed by atoms with van der Waals surface area (Å²) >= 11 is 0. The summed E-state index contributed by atoms with van der Waals surface area (Å²) in [6.45, 7) is 3.97. The summed E-state index contributed by atoms with van der Waals surface area (Å²) in [5.41, 5.74) is 1.29. The molecule has 0 radical (unpaired) electrons. The van der Waals surface area contributed by atoms with Gasteiger partial charge < -0.3 is 0 Å². The molecule has 1 nitrogen and oxygen atoms in total. The van der Waals surface area contributed by atoms with Crippen LogP contribution in [-0.2, 0) is 5.41 Å². The number of benzene rings is 3. The Morgan fingerprint density at radius 1 is 0.762 bits per heavy atom. The summed E-state index contributed by atoms with van der Waals surface area (Å²) in [5, 5.41) is 2.26. The molecular weight excluding hydrogens is 256 g/mol. The summed E-state index contributed by atoms with van der Waals surface area (Å²) in [6.07, 6.45) is 0. The Morgan fingerprint density at radius 2 is 1.38 bits per heavy atom. The molecule has 0 fully saturated rings. The minimum atomic E-state index is -0.524. The van der Waals surface area contributed by atoms with Gasteiger partial charge in [-0.1, -0.05) is 66.7 Å². The van der Waals surface area contributed by atoms with E-state index >= 15 is 0 Å². The lowest BCUT2D eigenvalue weighted by molar-refractivity contribution is 0.0909. The van der Waals surface area contributed by atoms with E-state index < -0.39 is 5.41 Å². The minimum absolute atomic E-state index is 0.152. The third-order valence-corrected chi connectivity index (χ3v) is 4.07. The van der Waals surface area contributed by atoms with Crippen LogP contribution in [0.15, 0.2) is 72.8 Å². The predicted molar refractivity (Wildman–Crippen MR) is 87.7 cm³/mol. The number of fused-ring (bicyclic) bond motifs is 1. The van der Waals surface area contributed by atoms with E-state index in [1.165, 1.54) is 0 Å². The Kier molecular flexibility index (Phi) is 3.34. The molecule has 0 aliphatic rings. The fourth-order valence-corrected chi connectivity index (χ4v) is 2.68. The van der Waals surface area contributed by atoms with Crippen LogP contribution in [0.1, 0.15) is 29.8 Å². The molecule has 0 atom stereocenters. The van der Waals surface area contributed by atoms with Crippen LogP contribution >= 0.6 is 0 Å². The molecule has 0 saturated carbocycles. The van der Waals surface area contributed by atoms with Gasteiger partial charge in [0.1, 0.15) is 0 Å². The summed E-state index contributed by atoms with van der Waals surface area (Å²) < 4.78 is 0. The van der Waals surface area contributed by atoms with Crippen LogP contribution < -0.4 is 0 Å². The molecule has 0 saturated heterocycles. The average molecular weight is 274 g/mol. The number of Topliss-reactive ketones (excluding diaryl/α,β-unsaturated/α-hetero) is 1. The van der Waals surface area contributed by atoms with Crippen LogP contribution in [0.2, 0.25) is 0 Å². The predicted octanol–water partition coefficient (Wildman–Crippen LogP) is 5.00. The first kappa shape index (κ1) is 13.6. The monoisotopic (exact) mass is 274 g/mol. The Labute approximate surface area is 125 Å². The molecular formula is C20H18O. The highest BCUT2D eigenvalue weighted by Gasteiger charge is 2.30. The smallest absolute Gasteiger partial charge is 0.172 e. The van der Waals surface area contributed by atoms with Crippen LogP contribution in [0.25, 0.3) is 10.8 Å². The van der Waals surface area contributed by atoms with E-state index in [2.05, 4.69) is 6.07 Å². The van der Waals surface area contributed by atoms with Crippen molar-refractivity contribution in [2.45, 2.75) is 19.3 Å². The first-order chi connectivity index (χ1) is 10.1. The Morgan fingerprint density at radius 3 is 2.10 bits per heavy atom. The largest absolute Gasteiger partial charge is 0.293 e. The maximum Gasteiger partial charge on any atom is 0.172 e. The molecule has 0 heterocycles. The van der Waals surface area contributed by atoms with Crippen LogP contribution in [0.5, 0.6) is 0 Å². The molecule has 21 heavy (non-hydrogen) atoms. The minimum Gasteiger partial charge on any atom is -0.293 e. The summed E-state index contributed by atoms with van der Waals surface area (Å²) in [5.74, 6) is 0.152. The lowest BCUT2D eigenvalue weighted by Gasteiger charge is -2.24. The fourth-order valence-electron chi connectivity index (χ4n) is 2.68. The lowest BCUT2D eigenvalue weighted by Crippen LogP contribution is -2.29. The van der Waals surface area contributed by atoms with Gasteiger partial charge in [-0.05, 0) is 36.2 Å². The van der Waals surface area contributed by atoms with Crippen LogP contribution in [0.4, 0.5) is 0 Å². The van der Waals surface area contributed by atoms with E-state index in [4.69, 9.17) is 0 Å². The van der Waals surface area contributed by atoms with Crippen molar-refractivity contribution in [3.8, 4) is 0 Å². The molecule has 0 aliphatic carbocycles. The van der Waals surface area contributed by atoms with E-state index in [0.29, 0.717) is 0 Å². The zero-order valence-electron chi connectivity index (χ0n) is 12.3. The SMILES string of the molecule is CC(C)(C(=O)c1ccc2ccccc2c1)c1ccccc1. The molecule has 0 spiro atoms. The first-order valence-corrected chi connectivity index (χ1v) is 7.18. The van der Waals surface area contributed by atoms with Gasteiger partial charge in [0.15, 0.2) is 5.78 Å². The number of carbonyl (C=O) groups excluding carboxylic acids is 1. The molecule has 0 aromatic heterocycles. The Hall–Kier alpha value is -2.41. The number of hydrogen-bond donors (Lipinski definition) is 0. The second-order valence-corrected chi connectivity index (χ2v) is 5.88. The molecule has 0 unspecified atom stereocenters. The summed E-state index contributed by atoms with van der Waals surface area (Å²) in [6, 6.07) is 24.0. The van der Waals surface area contributed by atoms with Crippen molar-refractivity contribution in [1.29, 1.82) is 0 Å². The standard InChI is InChI=1S/C20H18O/c1-20(2,18-10-4-3-5-11-18)19(21)17-13-12-15-8-6-7-9-16(15)14-17/h3-14H,1-2H3. The van der Waals surface area contributed by atoms with E-state index in [1.807, 2.05) is 80.6 Å². The van der Waals surface area contributed by atoms with Crippen LogP contribution in [0.3, 0.4) is 0 Å². The van der Waals surface area contributed by atoms with Gasteiger partial charge in [-0.3, -0.25) is 4.79 Å². The van der Waals surface area contributed by atoms with Gasteiger partial charge in [-0.25, -0.2) is 0 Å². The second-order valence-electron chi connectivity index (χ2n) is 5.88. The van der Waals surface area contributed by atoms with E-state index in [1.54, 1.807) is 0 Å². The maximum absolute atomic E-state index is 12.9. The molecule has 0 N–H and O–H groups in total. The molecule has 0 amide bonds. The normalized spacial score (nSPS) is 11.5. The van der Waals surface area contributed by atoms with Gasteiger partial charge in [0.25, 0.3) is 0 Å². The third-order valence-electron chi connectivity index (χ3n) is 4.07. The van der Waals surface area contributed by atoms with Crippen molar-refractivity contribution in [3.63, 3.8) is 0 Å². The third kappa shape index (κ3) is 2.47. The molecule has 0 aliphatic heterocycles. The van der Waals surface area contributed by atoms with Gasteiger partial charge in [-0.15, -0.1) is 0 Å². The molecule has 3 aromatic rings. The van der Waals surface area contributed by atoms with E-state index in [9.17, 15) is 4.79 Å². The van der Waals surface area contributed by atoms with Gasteiger partial charge in [0.2, 0.25) is 0 Å². The summed E-state index contributed by atoms with van der Waals surface area (Å²) in [4.78, 5) is 12.9. The topological polar surface area (TPSA) is 17.1 Å². The van der Waals surface area contributed by atoms with Crippen molar-refractivity contribution in [2.75, 3.05) is 0 Å². The number of hydrogen-bond acceptors (Lipinski definition) is 1. The highest BCUT2D eigenvalue weighted by Crippen LogP contribution is 2.28. The van der Waals surface area contributed by atoms with Gasteiger partial charge in [0, 0.05) is 5.56 Å². The van der Waals surface area contributed by atoms with Crippen LogP contribution in [-0.4, -0.2) is 5.78 Å². The second kappa shape index (κ2) is 5.17. The van der Waals surface area contributed by atoms with Gasteiger partial charge in [0.05, 0.1) is 5.41 Å². The van der Waals surface area contributed by atoms with Crippen molar-refractivity contribution in [2.24, 2.45) is 0 Å². The number of rotatable bonds is 3. The average Bonchev–Trinajstić information content (AvgIpc) is 2.54. The van der Waals surface area contributed by atoms with Crippen molar-refractivity contribution >= 4 is 16.6 Å². The molecule has 3 aromatic carbocycles. The highest BCUT2D eigenvalue weighted by molar-refractivity contribution is 6.05. The Bertz CT molecular complexity index is 785. The van der Waals surface area contributed by atoms with Gasteiger partial charge >= 0.3 is 0 Å². The zero-order valence-corrected chi connectivity index (χ0v) is 12.3. The quantitative estimate of drug-likeness (QED) is 0.614. The van der Waals surface area contributed by atoms with Crippen molar-refractivity contribution in [3.05, 3.63) is 83.9 Å². The maximum atomic E-state index is 12.9. The highest BCUT2D eigenvalue weighted by atomic mass is 16.1. The number of carbonyl (C=O) groups is 1. The van der Waals surface area contributed by atoms with Crippen molar-refractivity contribution < 1.29 is 4.79 Å². The number of ketones is 1. The Balaban J connectivity index is 2.03. The summed E-state index contributed by atoms with van der Waals surface area (Å²) in [7, 11) is 0. The fraction of sp³-hybridized carbons (Fsp3) is 0.150.